The number of nitrogens with zero attached hydrogens (tertiary/aromatic N) is 2. The predicted molar refractivity (Wildman–Crippen MR) is 165 cm³/mol. The Labute approximate surface area is 251 Å². The van der Waals surface area contributed by atoms with Crippen LogP contribution in [0.4, 0.5) is 5.69 Å². The molecule has 0 aromatic heterocycles. The smallest absolute Gasteiger partial charge is 0.258 e. The highest BCUT2D eigenvalue weighted by Gasteiger charge is 2.30. The summed E-state index contributed by atoms with van der Waals surface area (Å²) in [4.78, 5) is 17.9. The van der Waals surface area contributed by atoms with Crippen LogP contribution in [0.1, 0.15) is 56.0 Å². The Morgan fingerprint density at radius 2 is 1.88 bits per heavy atom. The maximum atomic E-state index is 14.1. The third-order valence-corrected chi connectivity index (χ3v) is 8.06. The number of ether oxygens (including phenoxy) is 3. The second kappa shape index (κ2) is 15.6. The van der Waals surface area contributed by atoms with Gasteiger partial charge in [0.05, 0.1) is 43.8 Å². The molecule has 1 amide bonds. The van der Waals surface area contributed by atoms with Crippen molar-refractivity contribution < 1.29 is 32.5 Å². The first-order chi connectivity index (χ1) is 19.9. The van der Waals surface area contributed by atoms with Gasteiger partial charge < -0.3 is 24.2 Å². The normalized spacial score (nSPS) is 21.7. The predicted octanol–water partition coefficient (Wildman–Crippen LogP) is 3.99. The number of hydrogen-bond acceptors (Lipinski definition) is 8. The highest BCUT2D eigenvalue weighted by Crippen LogP contribution is 2.29. The van der Waals surface area contributed by atoms with Crippen LogP contribution in [0.25, 0.3) is 0 Å². The van der Waals surface area contributed by atoms with Gasteiger partial charge in [0, 0.05) is 37.8 Å². The van der Waals surface area contributed by atoms with Gasteiger partial charge in [-0.25, -0.2) is 8.42 Å². The van der Waals surface area contributed by atoms with E-state index in [1.807, 2.05) is 31.2 Å². The molecule has 3 rings (SSSR count). The first kappa shape index (κ1) is 33.6. The lowest BCUT2D eigenvalue weighted by Crippen LogP contribution is -2.47. The van der Waals surface area contributed by atoms with Gasteiger partial charge in [0.15, 0.2) is 0 Å². The van der Waals surface area contributed by atoms with Crippen LogP contribution in [-0.4, -0.2) is 94.2 Å². The van der Waals surface area contributed by atoms with Crippen LogP contribution in [0.5, 0.6) is 11.5 Å². The molecule has 1 aliphatic heterocycles. The van der Waals surface area contributed by atoms with Crippen LogP contribution < -0.4 is 14.2 Å². The average Bonchev–Trinajstić information content (AvgIpc) is 2.94. The number of hydrogen-bond donors (Lipinski definition) is 2. The fourth-order valence-corrected chi connectivity index (χ4v) is 5.63. The summed E-state index contributed by atoms with van der Waals surface area (Å²) < 4.78 is 44.2. The van der Waals surface area contributed by atoms with E-state index in [0.29, 0.717) is 25.4 Å². The number of benzene rings is 2. The van der Waals surface area contributed by atoms with E-state index < -0.39 is 16.1 Å². The number of likely N-dealkylation sites (N-methyl/N-ethyl adjacent to an activating group) is 1. The molecule has 2 aromatic carbocycles. The topological polar surface area (TPSA) is 118 Å². The summed E-state index contributed by atoms with van der Waals surface area (Å²) in [5, 5.41) is 10.1. The Balaban J connectivity index is 1.90. The highest BCUT2D eigenvalue weighted by atomic mass is 32.2. The minimum Gasteiger partial charge on any atom is -0.497 e. The Hall–Kier alpha value is -2.86. The summed E-state index contributed by atoms with van der Waals surface area (Å²) in [5.41, 5.74) is 1.67. The molecule has 0 aliphatic carbocycles. The van der Waals surface area contributed by atoms with Crippen LogP contribution in [0, 0.1) is 5.92 Å². The molecule has 11 heteroatoms. The Kier molecular flexibility index (Phi) is 12.5. The first-order valence-corrected chi connectivity index (χ1v) is 16.4. The molecule has 2 N–H and O–H groups in total. The molecule has 0 saturated carbocycles. The molecule has 0 unspecified atom stereocenters. The van der Waals surface area contributed by atoms with E-state index in [2.05, 4.69) is 23.6 Å². The van der Waals surface area contributed by atoms with E-state index >= 15 is 0 Å². The van der Waals surface area contributed by atoms with Crippen LogP contribution in [0.2, 0.25) is 0 Å². The number of nitrogens with one attached hydrogen (secondary N) is 1. The number of methoxy groups -OCH3 is 1. The quantitative estimate of drug-likeness (QED) is 0.441. The standard InChI is InChI=1S/C31H47N3O7S/c1-22-18-34(23(2)21-35)31(36)28-17-26(32-42(6,37)38)12-15-29(28)41-24(3)9-7-8-16-40-30(22)20-33(4)19-25-10-13-27(39-5)14-11-25/h10-15,17,22-24,30,32,35H,7-9,16,18-21H2,1-6H3/t22-,23-,24-,30+/m1/s1. The fraction of sp³-hybridized carbons (Fsp3) is 0.581. The maximum Gasteiger partial charge on any atom is 0.258 e. The number of aliphatic hydroxyl groups is 1. The number of sulfonamides is 1. The maximum absolute atomic E-state index is 14.1. The van der Waals surface area contributed by atoms with Gasteiger partial charge in [0.25, 0.3) is 5.91 Å². The molecule has 4 atom stereocenters. The van der Waals surface area contributed by atoms with Crippen molar-refractivity contribution >= 4 is 21.6 Å². The van der Waals surface area contributed by atoms with Crippen molar-refractivity contribution in [3.8, 4) is 11.5 Å². The van der Waals surface area contributed by atoms with E-state index in [4.69, 9.17) is 14.2 Å². The minimum absolute atomic E-state index is 0.0650. The number of carbonyl (C=O) groups excluding carboxylic acids is 1. The third-order valence-electron chi connectivity index (χ3n) is 7.46. The zero-order valence-electron chi connectivity index (χ0n) is 25.7. The molecule has 0 saturated heterocycles. The van der Waals surface area contributed by atoms with Gasteiger partial charge in [-0.15, -0.1) is 0 Å². The molecule has 0 spiro atoms. The fourth-order valence-electron chi connectivity index (χ4n) is 5.08. The van der Waals surface area contributed by atoms with Crippen molar-refractivity contribution in [2.45, 2.75) is 64.8 Å². The van der Waals surface area contributed by atoms with Gasteiger partial charge in [-0.1, -0.05) is 19.1 Å². The molecule has 1 aliphatic rings. The number of fused-ring (bicyclic) bond motifs is 1. The van der Waals surface area contributed by atoms with Crippen LogP contribution in [0.3, 0.4) is 0 Å². The zero-order chi connectivity index (χ0) is 30.9. The van der Waals surface area contributed by atoms with Gasteiger partial charge in [-0.3, -0.25) is 14.4 Å². The number of aliphatic hydroxyl groups excluding tert-OH is 1. The summed E-state index contributed by atoms with van der Waals surface area (Å²) in [6.07, 6.45) is 3.28. The zero-order valence-corrected chi connectivity index (χ0v) is 26.5. The Bertz CT molecular complexity index is 1260. The second-order valence-electron chi connectivity index (χ2n) is 11.4. The monoisotopic (exact) mass is 605 g/mol. The number of anilines is 1. The summed E-state index contributed by atoms with van der Waals surface area (Å²) in [7, 11) is 0.149. The lowest BCUT2D eigenvalue weighted by atomic mass is 10.0. The molecule has 42 heavy (non-hydrogen) atoms. The molecule has 0 bridgehead atoms. The van der Waals surface area contributed by atoms with Gasteiger partial charge in [0.2, 0.25) is 10.0 Å². The SMILES string of the molecule is COc1ccc(CN(C)C[C@@H]2OCCCC[C@@H](C)Oc3ccc(NS(C)(=O)=O)cc3C(=O)N([C@H](C)CO)C[C@H]2C)cc1. The highest BCUT2D eigenvalue weighted by molar-refractivity contribution is 7.92. The lowest BCUT2D eigenvalue weighted by molar-refractivity contribution is -0.0177. The number of carbonyl (C=O) groups is 1. The second-order valence-corrected chi connectivity index (χ2v) is 13.2. The van der Waals surface area contributed by atoms with Crippen molar-refractivity contribution in [2.24, 2.45) is 5.92 Å². The van der Waals surface area contributed by atoms with Gasteiger partial charge in [-0.2, -0.15) is 0 Å². The molecular formula is C31H47N3O7S. The van der Waals surface area contributed by atoms with E-state index in [0.717, 1.165) is 43.4 Å². The summed E-state index contributed by atoms with van der Waals surface area (Å²) in [6, 6.07) is 12.2. The van der Waals surface area contributed by atoms with Crippen molar-refractivity contribution in [1.29, 1.82) is 0 Å². The Morgan fingerprint density at radius 1 is 1.17 bits per heavy atom. The van der Waals surface area contributed by atoms with Crippen molar-refractivity contribution in [1.82, 2.24) is 9.80 Å². The van der Waals surface area contributed by atoms with Gasteiger partial charge >= 0.3 is 0 Å². The molecule has 10 nitrogen and oxygen atoms in total. The number of amides is 1. The summed E-state index contributed by atoms with van der Waals surface area (Å²) in [5.74, 6) is 0.793. The molecule has 2 aromatic rings. The van der Waals surface area contributed by atoms with E-state index in [-0.39, 0.29) is 41.9 Å². The van der Waals surface area contributed by atoms with Crippen molar-refractivity contribution in [2.75, 3.05) is 51.4 Å². The van der Waals surface area contributed by atoms with E-state index in [9.17, 15) is 18.3 Å². The third kappa shape index (κ3) is 10.1. The molecular weight excluding hydrogens is 558 g/mol. The summed E-state index contributed by atoms with van der Waals surface area (Å²) >= 11 is 0. The molecule has 0 fully saturated rings. The lowest BCUT2D eigenvalue weighted by Gasteiger charge is -2.36. The minimum atomic E-state index is -3.55. The first-order valence-electron chi connectivity index (χ1n) is 14.5. The van der Waals surface area contributed by atoms with E-state index in [1.165, 1.54) is 6.07 Å². The molecule has 1 heterocycles. The van der Waals surface area contributed by atoms with Crippen molar-refractivity contribution in [3.63, 3.8) is 0 Å². The number of rotatable bonds is 9. The van der Waals surface area contributed by atoms with Crippen molar-refractivity contribution in [3.05, 3.63) is 53.6 Å². The summed E-state index contributed by atoms with van der Waals surface area (Å²) in [6.45, 7) is 7.89. The van der Waals surface area contributed by atoms with Crippen LogP contribution in [0.15, 0.2) is 42.5 Å². The average molecular weight is 606 g/mol. The molecule has 0 radical (unpaired) electrons. The largest absolute Gasteiger partial charge is 0.497 e. The van der Waals surface area contributed by atoms with Crippen LogP contribution in [-0.2, 0) is 21.3 Å². The van der Waals surface area contributed by atoms with Gasteiger partial charge in [-0.05, 0) is 76.1 Å². The van der Waals surface area contributed by atoms with E-state index in [1.54, 1.807) is 31.1 Å². The van der Waals surface area contributed by atoms with Gasteiger partial charge in [0.1, 0.15) is 11.5 Å². The Morgan fingerprint density at radius 3 is 2.52 bits per heavy atom. The van der Waals surface area contributed by atoms with Crippen LogP contribution >= 0.6 is 0 Å². The molecule has 234 valence electrons.